The maximum Gasteiger partial charge on any atom is 0.312 e. The maximum absolute atomic E-state index is 12.4. The topological polar surface area (TPSA) is 122 Å². The van der Waals surface area contributed by atoms with E-state index in [0.717, 1.165) is 34.5 Å². The average Bonchev–Trinajstić information content (AvgIpc) is 3.01. The molecule has 8 nitrogen and oxygen atoms in total. The minimum atomic E-state index is -4.04. The van der Waals surface area contributed by atoms with Crippen molar-refractivity contribution in [3.8, 4) is 17.0 Å². The van der Waals surface area contributed by atoms with Crippen LogP contribution < -0.4 is 4.72 Å². The molecule has 0 unspecified atom stereocenters. The van der Waals surface area contributed by atoms with Gasteiger partial charge in [-0.2, -0.15) is 0 Å². The van der Waals surface area contributed by atoms with Crippen molar-refractivity contribution in [2.24, 2.45) is 0 Å². The fraction of sp³-hybridized carbons (Fsp3) is 0.0625. The van der Waals surface area contributed by atoms with Gasteiger partial charge < -0.3 is 5.11 Å². The van der Waals surface area contributed by atoms with E-state index in [-0.39, 0.29) is 4.90 Å². The first kappa shape index (κ1) is 17.8. The molecule has 0 fully saturated rings. The second-order valence-electron chi connectivity index (χ2n) is 5.34. The molecule has 0 aliphatic carbocycles. The van der Waals surface area contributed by atoms with Gasteiger partial charge in [0.2, 0.25) is 0 Å². The molecule has 134 valence electrons. The molecule has 2 N–H and O–H groups in total. The summed E-state index contributed by atoms with van der Waals surface area (Å²) in [6.45, 7) is 1.90. The van der Waals surface area contributed by atoms with Crippen LogP contribution in [-0.2, 0) is 10.0 Å². The Balaban J connectivity index is 1.86. The first-order chi connectivity index (χ1) is 12.3. The molecule has 0 aliphatic heterocycles. The van der Waals surface area contributed by atoms with Gasteiger partial charge in [0, 0.05) is 22.7 Å². The number of phenols is 1. The van der Waals surface area contributed by atoms with Crippen molar-refractivity contribution < 1.29 is 18.4 Å². The summed E-state index contributed by atoms with van der Waals surface area (Å²) in [6.07, 6.45) is 0. The zero-order valence-electron chi connectivity index (χ0n) is 13.4. The van der Waals surface area contributed by atoms with Crippen molar-refractivity contribution in [2.75, 3.05) is 4.72 Å². The predicted octanol–water partition coefficient (Wildman–Crippen LogP) is 3.53. The van der Waals surface area contributed by atoms with Crippen LogP contribution in [0.3, 0.4) is 0 Å². The van der Waals surface area contributed by atoms with Crippen molar-refractivity contribution >= 4 is 32.7 Å². The highest BCUT2D eigenvalue weighted by Crippen LogP contribution is 2.29. The summed E-state index contributed by atoms with van der Waals surface area (Å²) in [4.78, 5) is 14.1. The number of nitro groups is 1. The van der Waals surface area contributed by atoms with Crippen LogP contribution >= 0.6 is 11.3 Å². The molecule has 0 amide bonds. The number of thiazole rings is 1. The van der Waals surface area contributed by atoms with Gasteiger partial charge in [-0.1, -0.05) is 12.1 Å². The van der Waals surface area contributed by atoms with Gasteiger partial charge in [0.05, 0.1) is 20.5 Å². The van der Waals surface area contributed by atoms with Crippen molar-refractivity contribution in [1.29, 1.82) is 0 Å². The van der Waals surface area contributed by atoms with E-state index < -0.39 is 26.4 Å². The lowest BCUT2D eigenvalue weighted by molar-refractivity contribution is -0.386. The minimum absolute atomic E-state index is 0.302. The Morgan fingerprint density at radius 2 is 1.88 bits per heavy atom. The van der Waals surface area contributed by atoms with Gasteiger partial charge in [0.1, 0.15) is 0 Å². The quantitative estimate of drug-likeness (QED) is 0.507. The number of hydrogen-bond acceptors (Lipinski definition) is 7. The Morgan fingerprint density at radius 3 is 2.46 bits per heavy atom. The molecular formula is C16H13N3O5S2. The zero-order valence-corrected chi connectivity index (χ0v) is 15.0. The second-order valence-corrected chi connectivity index (χ2v) is 8.09. The van der Waals surface area contributed by atoms with E-state index in [9.17, 15) is 23.6 Å². The van der Waals surface area contributed by atoms with E-state index in [0.29, 0.717) is 5.69 Å². The standard InChI is InChI=1S/C16H13N3O5S2/c1-10-17-14(9-25-10)11-2-4-12(5-3-11)18-26(23,24)13-6-7-16(20)15(8-13)19(21)22/h2-9,18,20H,1H3. The Bertz CT molecular complexity index is 1080. The molecule has 1 aromatic heterocycles. The average molecular weight is 391 g/mol. The van der Waals surface area contributed by atoms with Gasteiger partial charge in [-0.3, -0.25) is 14.8 Å². The Morgan fingerprint density at radius 1 is 1.19 bits per heavy atom. The van der Waals surface area contributed by atoms with Crippen LogP contribution in [0.25, 0.3) is 11.3 Å². The largest absolute Gasteiger partial charge is 0.502 e. The molecule has 0 saturated heterocycles. The third kappa shape index (κ3) is 3.65. The third-order valence-corrected chi connectivity index (χ3v) is 5.66. The van der Waals surface area contributed by atoms with Crippen LogP contribution in [0.15, 0.2) is 52.7 Å². The molecule has 0 atom stereocenters. The van der Waals surface area contributed by atoms with E-state index in [1.54, 1.807) is 24.3 Å². The van der Waals surface area contributed by atoms with Gasteiger partial charge in [0.15, 0.2) is 5.75 Å². The summed E-state index contributed by atoms with van der Waals surface area (Å²) in [6, 6.07) is 9.49. The van der Waals surface area contributed by atoms with Crippen LogP contribution in [0, 0.1) is 17.0 Å². The van der Waals surface area contributed by atoms with Gasteiger partial charge in [0.25, 0.3) is 10.0 Å². The van der Waals surface area contributed by atoms with E-state index in [4.69, 9.17) is 0 Å². The normalized spacial score (nSPS) is 11.3. The zero-order chi connectivity index (χ0) is 18.9. The van der Waals surface area contributed by atoms with E-state index in [2.05, 4.69) is 9.71 Å². The molecule has 0 spiro atoms. The van der Waals surface area contributed by atoms with E-state index in [1.807, 2.05) is 12.3 Å². The van der Waals surface area contributed by atoms with Crippen molar-refractivity contribution in [2.45, 2.75) is 11.8 Å². The summed E-state index contributed by atoms with van der Waals surface area (Å²) in [5.74, 6) is -0.600. The van der Waals surface area contributed by atoms with Gasteiger partial charge in [-0.25, -0.2) is 13.4 Å². The molecule has 3 aromatic rings. The smallest absolute Gasteiger partial charge is 0.312 e. The van der Waals surface area contributed by atoms with E-state index >= 15 is 0 Å². The number of aryl methyl sites for hydroxylation is 1. The lowest BCUT2D eigenvalue weighted by Crippen LogP contribution is -2.13. The van der Waals surface area contributed by atoms with Crippen LogP contribution in [0.1, 0.15) is 5.01 Å². The second kappa shape index (κ2) is 6.73. The first-order valence-electron chi connectivity index (χ1n) is 7.29. The minimum Gasteiger partial charge on any atom is -0.502 e. The van der Waals surface area contributed by atoms with Crippen LogP contribution in [0.5, 0.6) is 5.75 Å². The number of anilines is 1. The van der Waals surface area contributed by atoms with Crippen LogP contribution in [0.2, 0.25) is 0 Å². The van der Waals surface area contributed by atoms with Gasteiger partial charge >= 0.3 is 5.69 Å². The number of hydrogen-bond donors (Lipinski definition) is 2. The maximum atomic E-state index is 12.4. The molecule has 0 saturated carbocycles. The molecule has 0 aliphatic rings. The lowest BCUT2D eigenvalue weighted by Gasteiger charge is -2.09. The van der Waals surface area contributed by atoms with E-state index in [1.165, 1.54) is 11.3 Å². The number of nitro benzene ring substituents is 1. The Hall–Kier alpha value is -2.98. The summed E-state index contributed by atoms with van der Waals surface area (Å²) >= 11 is 1.52. The first-order valence-corrected chi connectivity index (χ1v) is 9.65. The summed E-state index contributed by atoms with van der Waals surface area (Å²) in [5.41, 5.74) is 1.27. The molecule has 10 heteroatoms. The Labute approximate surface area is 153 Å². The molecule has 26 heavy (non-hydrogen) atoms. The number of nitrogens with zero attached hydrogens (tertiary/aromatic N) is 2. The highest BCUT2D eigenvalue weighted by Gasteiger charge is 2.21. The van der Waals surface area contributed by atoms with Gasteiger partial charge in [-0.05, 0) is 31.2 Å². The summed E-state index contributed by atoms with van der Waals surface area (Å²) in [5, 5.41) is 23.1. The number of sulfonamides is 1. The van der Waals surface area contributed by atoms with Crippen molar-refractivity contribution in [1.82, 2.24) is 4.98 Å². The number of phenolic OH excluding ortho intramolecular Hbond substituents is 1. The predicted molar refractivity (Wildman–Crippen MR) is 97.9 cm³/mol. The number of nitrogens with one attached hydrogen (secondary N) is 1. The number of aromatic hydroxyl groups is 1. The Kier molecular flexibility index (Phi) is 4.62. The number of aromatic nitrogens is 1. The lowest BCUT2D eigenvalue weighted by atomic mass is 10.1. The van der Waals surface area contributed by atoms with Crippen LogP contribution in [-0.4, -0.2) is 23.4 Å². The molecule has 0 radical (unpaired) electrons. The fourth-order valence-electron chi connectivity index (χ4n) is 2.24. The molecule has 1 heterocycles. The fourth-order valence-corrected chi connectivity index (χ4v) is 3.94. The summed E-state index contributed by atoms with van der Waals surface area (Å²) in [7, 11) is -4.04. The summed E-state index contributed by atoms with van der Waals surface area (Å²) < 4.78 is 27.2. The molecule has 3 rings (SSSR count). The highest BCUT2D eigenvalue weighted by atomic mass is 32.2. The highest BCUT2D eigenvalue weighted by molar-refractivity contribution is 7.92. The van der Waals surface area contributed by atoms with Crippen LogP contribution in [0.4, 0.5) is 11.4 Å². The molecular weight excluding hydrogens is 378 g/mol. The third-order valence-electron chi connectivity index (χ3n) is 3.51. The van der Waals surface area contributed by atoms with Crippen molar-refractivity contribution in [3.05, 3.63) is 63.0 Å². The molecule has 0 bridgehead atoms. The van der Waals surface area contributed by atoms with Gasteiger partial charge in [-0.15, -0.1) is 11.3 Å². The molecule has 2 aromatic carbocycles. The number of benzene rings is 2. The monoisotopic (exact) mass is 391 g/mol. The number of rotatable bonds is 5. The van der Waals surface area contributed by atoms with Crippen molar-refractivity contribution in [3.63, 3.8) is 0 Å². The SMILES string of the molecule is Cc1nc(-c2ccc(NS(=O)(=O)c3ccc(O)c([N+](=O)[O-])c3)cc2)cs1.